The number of nitrogens with one attached hydrogen (secondary N) is 1. The van der Waals surface area contributed by atoms with E-state index < -0.39 is 0 Å². The van der Waals surface area contributed by atoms with Crippen LogP contribution in [0.15, 0.2) is 18.2 Å². The van der Waals surface area contributed by atoms with Crippen molar-refractivity contribution in [1.29, 1.82) is 0 Å². The Hall–Kier alpha value is -1.10. The zero-order chi connectivity index (χ0) is 14.7. The second-order valence-electron chi connectivity index (χ2n) is 6.11. The molecule has 1 aromatic rings. The van der Waals surface area contributed by atoms with Crippen LogP contribution in [0, 0.1) is 5.92 Å². The molecule has 0 bridgehead atoms. The molecule has 1 heterocycles. The molecule has 4 heteroatoms. The average Bonchev–Trinajstić information content (AvgIpc) is 3.24. The van der Waals surface area contributed by atoms with Crippen molar-refractivity contribution in [3.8, 4) is 5.75 Å². The van der Waals surface area contributed by atoms with Gasteiger partial charge in [-0.2, -0.15) is 0 Å². The summed E-state index contributed by atoms with van der Waals surface area (Å²) in [7, 11) is 0. The fourth-order valence-electron chi connectivity index (χ4n) is 3.26. The van der Waals surface area contributed by atoms with Crippen LogP contribution in [0.25, 0.3) is 0 Å². The van der Waals surface area contributed by atoms with Crippen molar-refractivity contribution in [1.82, 2.24) is 5.43 Å². The fraction of sp³-hybridized carbons (Fsp3) is 0.647. The number of ether oxygens (including phenoxy) is 2. The van der Waals surface area contributed by atoms with Gasteiger partial charge in [0.05, 0.1) is 12.7 Å². The number of rotatable bonds is 8. The van der Waals surface area contributed by atoms with Crippen molar-refractivity contribution >= 4 is 0 Å². The molecule has 21 heavy (non-hydrogen) atoms. The summed E-state index contributed by atoms with van der Waals surface area (Å²) in [5, 5.41) is 0. The maximum absolute atomic E-state index is 5.92. The highest BCUT2D eigenvalue weighted by Crippen LogP contribution is 2.36. The van der Waals surface area contributed by atoms with Crippen LogP contribution in [0.3, 0.4) is 0 Å². The molecule has 3 rings (SSSR count). The predicted molar refractivity (Wildman–Crippen MR) is 83.2 cm³/mol. The highest BCUT2D eigenvalue weighted by atomic mass is 16.5. The van der Waals surface area contributed by atoms with E-state index in [0.29, 0.717) is 5.92 Å². The Balaban J connectivity index is 1.59. The van der Waals surface area contributed by atoms with Gasteiger partial charge in [0.2, 0.25) is 0 Å². The second kappa shape index (κ2) is 6.77. The molecule has 3 N–H and O–H groups in total. The fourth-order valence-corrected chi connectivity index (χ4v) is 3.26. The first-order valence-electron chi connectivity index (χ1n) is 8.14. The van der Waals surface area contributed by atoms with E-state index in [1.54, 1.807) is 0 Å². The van der Waals surface area contributed by atoms with Crippen LogP contribution in [0.5, 0.6) is 5.75 Å². The van der Waals surface area contributed by atoms with Crippen LogP contribution in [0.2, 0.25) is 0 Å². The Morgan fingerprint density at radius 2 is 2.29 bits per heavy atom. The Bertz CT molecular complexity index is 474. The first kappa shape index (κ1) is 14.8. The van der Waals surface area contributed by atoms with Crippen molar-refractivity contribution in [2.45, 2.75) is 51.2 Å². The van der Waals surface area contributed by atoms with Crippen LogP contribution in [0.4, 0.5) is 0 Å². The number of nitrogens with two attached hydrogens (primary N) is 1. The van der Waals surface area contributed by atoms with Gasteiger partial charge >= 0.3 is 0 Å². The van der Waals surface area contributed by atoms with Gasteiger partial charge in [0, 0.05) is 19.1 Å². The highest BCUT2D eigenvalue weighted by Gasteiger charge is 2.36. The van der Waals surface area contributed by atoms with Crippen LogP contribution in [0.1, 0.15) is 37.3 Å². The monoisotopic (exact) mass is 290 g/mol. The summed E-state index contributed by atoms with van der Waals surface area (Å²) in [5.41, 5.74) is 5.69. The molecule has 0 aromatic heterocycles. The van der Waals surface area contributed by atoms with Gasteiger partial charge in [-0.1, -0.05) is 12.1 Å². The summed E-state index contributed by atoms with van der Waals surface area (Å²) >= 11 is 0. The van der Waals surface area contributed by atoms with E-state index in [1.165, 1.54) is 24.0 Å². The standard InChI is InChI=1S/C17H26N2O2/c1-2-20-17(13-5-6-13)15(19-18)7-3-12-4-8-16-14(11-12)9-10-21-16/h4,8,11,13,15,17,19H,2-3,5-7,9-10,18H2,1H3. The van der Waals surface area contributed by atoms with E-state index in [1.807, 2.05) is 0 Å². The van der Waals surface area contributed by atoms with Gasteiger partial charge in [0.15, 0.2) is 0 Å². The number of aryl methyl sites for hydroxylation is 1. The molecule has 1 aliphatic heterocycles. The number of hydrogen-bond donors (Lipinski definition) is 2. The SMILES string of the molecule is CCOC(C1CC1)C(CCc1ccc2c(c1)CCO2)NN. The third kappa shape index (κ3) is 3.57. The Morgan fingerprint density at radius 1 is 1.43 bits per heavy atom. The topological polar surface area (TPSA) is 56.5 Å². The minimum atomic E-state index is 0.238. The maximum Gasteiger partial charge on any atom is 0.122 e. The highest BCUT2D eigenvalue weighted by molar-refractivity contribution is 5.39. The summed E-state index contributed by atoms with van der Waals surface area (Å²) in [6.45, 7) is 3.64. The molecule has 4 nitrogen and oxygen atoms in total. The third-order valence-electron chi connectivity index (χ3n) is 4.55. The van der Waals surface area contributed by atoms with Crippen molar-refractivity contribution in [3.05, 3.63) is 29.3 Å². The smallest absolute Gasteiger partial charge is 0.122 e. The van der Waals surface area contributed by atoms with Crippen LogP contribution < -0.4 is 16.0 Å². The lowest BCUT2D eigenvalue weighted by molar-refractivity contribution is 0.0170. The molecule has 0 radical (unpaired) electrons. The van der Waals surface area contributed by atoms with E-state index in [4.69, 9.17) is 15.3 Å². The molecule has 2 aliphatic rings. The average molecular weight is 290 g/mol. The molecule has 0 saturated heterocycles. The second-order valence-corrected chi connectivity index (χ2v) is 6.11. The van der Waals surface area contributed by atoms with Gasteiger partial charge in [-0.25, -0.2) is 0 Å². The Labute approximate surface area is 127 Å². The van der Waals surface area contributed by atoms with Gasteiger partial charge in [0.1, 0.15) is 5.75 Å². The first-order chi connectivity index (χ1) is 10.3. The number of hydrazine groups is 1. The van der Waals surface area contributed by atoms with E-state index in [0.717, 1.165) is 38.2 Å². The number of benzene rings is 1. The van der Waals surface area contributed by atoms with Crippen molar-refractivity contribution in [3.63, 3.8) is 0 Å². The predicted octanol–water partition coefficient (Wildman–Crippen LogP) is 2.20. The summed E-state index contributed by atoms with van der Waals surface area (Å²) < 4.78 is 11.5. The molecule has 1 aromatic carbocycles. The maximum atomic E-state index is 5.92. The number of fused-ring (bicyclic) bond motifs is 1. The minimum Gasteiger partial charge on any atom is -0.493 e. The number of hydrogen-bond acceptors (Lipinski definition) is 4. The van der Waals surface area contributed by atoms with Crippen molar-refractivity contribution in [2.75, 3.05) is 13.2 Å². The zero-order valence-corrected chi connectivity index (χ0v) is 12.8. The van der Waals surface area contributed by atoms with Crippen LogP contribution in [-0.2, 0) is 17.6 Å². The van der Waals surface area contributed by atoms with E-state index in [-0.39, 0.29) is 12.1 Å². The van der Waals surface area contributed by atoms with Gasteiger partial charge in [0.25, 0.3) is 0 Å². The normalized spacial score (nSPS) is 19.9. The largest absolute Gasteiger partial charge is 0.493 e. The molecule has 1 aliphatic carbocycles. The summed E-state index contributed by atoms with van der Waals surface area (Å²) in [6, 6.07) is 6.79. The van der Waals surface area contributed by atoms with Gasteiger partial charge in [-0.3, -0.25) is 11.3 Å². The van der Waals surface area contributed by atoms with Crippen LogP contribution in [-0.4, -0.2) is 25.4 Å². The van der Waals surface area contributed by atoms with E-state index >= 15 is 0 Å². The summed E-state index contributed by atoms with van der Waals surface area (Å²) in [4.78, 5) is 0. The van der Waals surface area contributed by atoms with Crippen molar-refractivity contribution < 1.29 is 9.47 Å². The minimum absolute atomic E-state index is 0.238. The Kier molecular flexibility index (Phi) is 4.78. The van der Waals surface area contributed by atoms with Gasteiger partial charge in [-0.05, 0) is 55.7 Å². The quantitative estimate of drug-likeness (QED) is 0.569. The lowest BCUT2D eigenvalue weighted by Gasteiger charge is -2.26. The van der Waals surface area contributed by atoms with E-state index in [2.05, 4.69) is 30.5 Å². The lowest BCUT2D eigenvalue weighted by Crippen LogP contribution is -2.46. The van der Waals surface area contributed by atoms with Crippen molar-refractivity contribution in [2.24, 2.45) is 11.8 Å². The third-order valence-corrected chi connectivity index (χ3v) is 4.55. The van der Waals surface area contributed by atoms with Gasteiger partial charge in [-0.15, -0.1) is 0 Å². The van der Waals surface area contributed by atoms with E-state index in [9.17, 15) is 0 Å². The molecular formula is C17H26N2O2. The summed E-state index contributed by atoms with van der Waals surface area (Å²) in [5.74, 6) is 7.52. The lowest BCUT2D eigenvalue weighted by atomic mass is 9.97. The molecular weight excluding hydrogens is 264 g/mol. The molecule has 1 saturated carbocycles. The molecule has 2 atom stereocenters. The van der Waals surface area contributed by atoms with Gasteiger partial charge < -0.3 is 9.47 Å². The first-order valence-corrected chi connectivity index (χ1v) is 8.14. The zero-order valence-electron chi connectivity index (χ0n) is 12.8. The molecule has 0 spiro atoms. The molecule has 0 amide bonds. The summed E-state index contributed by atoms with van der Waals surface area (Å²) in [6.07, 6.45) is 5.89. The molecule has 116 valence electrons. The molecule has 2 unspecified atom stereocenters. The Morgan fingerprint density at radius 3 is 3.00 bits per heavy atom. The van der Waals surface area contributed by atoms with Crippen LogP contribution >= 0.6 is 0 Å². The molecule has 1 fully saturated rings.